The normalized spacial score (nSPS) is 10.4. The fraction of sp³-hybridized carbons (Fsp3) is 0. The second-order valence-corrected chi connectivity index (χ2v) is 6.00. The summed E-state index contributed by atoms with van der Waals surface area (Å²) in [6, 6.07) is 27.7. The molecule has 27 heavy (non-hydrogen) atoms. The molecule has 0 saturated carbocycles. The molecule has 0 spiro atoms. The second kappa shape index (κ2) is 7.19. The van der Waals surface area contributed by atoms with Gasteiger partial charge in [0.2, 0.25) is 0 Å². The molecule has 0 aliphatic rings. The summed E-state index contributed by atoms with van der Waals surface area (Å²) in [6.07, 6.45) is 0. The van der Waals surface area contributed by atoms with Crippen LogP contribution in [0.3, 0.4) is 0 Å². The number of hydrogen-bond acceptors (Lipinski definition) is 3. The molecule has 0 bridgehead atoms. The first-order chi connectivity index (χ1) is 13.2. The van der Waals surface area contributed by atoms with Crippen LogP contribution in [-0.4, -0.2) is 9.97 Å². The first-order valence-corrected chi connectivity index (χ1v) is 8.44. The van der Waals surface area contributed by atoms with Crippen molar-refractivity contribution in [2.75, 3.05) is 0 Å². The highest BCUT2D eigenvalue weighted by molar-refractivity contribution is 5.72. The van der Waals surface area contributed by atoms with Crippen LogP contribution in [0, 0.1) is 17.1 Å². The predicted octanol–water partition coefficient (Wildman–Crippen LogP) is 5.49. The lowest BCUT2D eigenvalue weighted by molar-refractivity contribution is 0.624. The lowest BCUT2D eigenvalue weighted by atomic mass is 10.0. The van der Waals surface area contributed by atoms with Gasteiger partial charge in [-0.1, -0.05) is 60.7 Å². The third-order valence-corrected chi connectivity index (χ3v) is 4.21. The Hall–Kier alpha value is -3.84. The van der Waals surface area contributed by atoms with Gasteiger partial charge in [0.1, 0.15) is 11.9 Å². The lowest BCUT2D eigenvalue weighted by Crippen LogP contribution is -1.96. The van der Waals surface area contributed by atoms with Gasteiger partial charge < -0.3 is 0 Å². The molecule has 0 unspecified atom stereocenters. The van der Waals surface area contributed by atoms with Crippen LogP contribution in [0.4, 0.5) is 4.39 Å². The predicted molar refractivity (Wildman–Crippen MR) is 103 cm³/mol. The zero-order valence-corrected chi connectivity index (χ0v) is 14.3. The molecule has 0 aliphatic heterocycles. The second-order valence-electron chi connectivity index (χ2n) is 6.00. The number of nitriles is 1. The molecule has 0 N–H and O–H groups in total. The molecule has 0 aliphatic carbocycles. The van der Waals surface area contributed by atoms with E-state index in [1.54, 1.807) is 6.07 Å². The lowest BCUT2D eigenvalue weighted by Gasteiger charge is -2.09. The summed E-state index contributed by atoms with van der Waals surface area (Å²) in [5.41, 5.74) is 3.92. The molecule has 1 heterocycles. The molecular formula is C23H14FN3. The van der Waals surface area contributed by atoms with Crippen LogP contribution in [0.25, 0.3) is 33.9 Å². The Bertz CT molecular complexity index is 1080. The van der Waals surface area contributed by atoms with Crippen LogP contribution in [0.5, 0.6) is 0 Å². The van der Waals surface area contributed by atoms with Crippen LogP contribution in [0.15, 0.2) is 84.9 Å². The monoisotopic (exact) mass is 351 g/mol. The molecule has 3 nitrogen and oxygen atoms in total. The Morgan fingerprint density at radius 1 is 0.667 bits per heavy atom. The van der Waals surface area contributed by atoms with Crippen molar-refractivity contribution in [3.8, 4) is 40.0 Å². The summed E-state index contributed by atoms with van der Waals surface area (Å²) < 4.78 is 13.7. The Balaban J connectivity index is 1.93. The van der Waals surface area contributed by atoms with Crippen LogP contribution >= 0.6 is 0 Å². The molecule has 0 fully saturated rings. The zero-order chi connectivity index (χ0) is 18.6. The van der Waals surface area contributed by atoms with E-state index in [1.165, 1.54) is 12.1 Å². The van der Waals surface area contributed by atoms with E-state index in [9.17, 15) is 4.39 Å². The van der Waals surface area contributed by atoms with Crippen molar-refractivity contribution in [3.63, 3.8) is 0 Å². The average molecular weight is 351 g/mol. The number of rotatable bonds is 3. The minimum atomic E-state index is -0.540. The van der Waals surface area contributed by atoms with E-state index >= 15 is 0 Å². The van der Waals surface area contributed by atoms with Gasteiger partial charge in [0.05, 0.1) is 17.0 Å². The van der Waals surface area contributed by atoms with Crippen molar-refractivity contribution in [1.82, 2.24) is 9.97 Å². The highest BCUT2D eigenvalue weighted by Crippen LogP contribution is 2.28. The van der Waals surface area contributed by atoms with Crippen molar-refractivity contribution in [2.24, 2.45) is 0 Å². The van der Waals surface area contributed by atoms with Crippen LogP contribution < -0.4 is 0 Å². The molecule has 0 amide bonds. The Morgan fingerprint density at radius 2 is 1.26 bits per heavy atom. The highest BCUT2D eigenvalue weighted by Gasteiger charge is 2.12. The van der Waals surface area contributed by atoms with Crippen LogP contribution in [0.1, 0.15) is 5.56 Å². The maximum atomic E-state index is 13.7. The molecule has 0 saturated heterocycles. The third-order valence-electron chi connectivity index (χ3n) is 4.21. The number of halogens is 1. The van der Waals surface area contributed by atoms with Crippen molar-refractivity contribution in [1.29, 1.82) is 5.26 Å². The van der Waals surface area contributed by atoms with E-state index in [-0.39, 0.29) is 5.56 Å². The highest BCUT2D eigenvalue weighted by atomic mass is 19.1. The Kier molecular flexibility index (Phi) is 4.42. The number of nitrogens with zero attached hydrogens (tertiary/aromatic N) is 3. The molecule has 4 aromatic rings. The Morgan fingerprint density at radius 3 is 1.89 bits per heavy atom. The zero-order valence-electron chi connectivity index (χ0n) is 14.3. The van der Waals surface area contributed by atoms with Crippen molar-refractivity contribution in [3.05, 3.63) is 96.3 Å². The van der Waals surface area contributed by atoms with Gasteiger partial charge in [0, 0.05) is 16.7 Å². The number of aromatic nitrogens is 2. The minimum absolute atomic E-state index is 0.00589. The smallest absolute Gasteiger partial charge is 0.160 e. The van der Waals surface area contributed by atoms with Gasteiger partial charge in [0.25, 0.3) is 0 Å². The molecule has 128 valence electrons. The van der Waals surface area contributed by atoms with E-state index in [1.807, 2.05) is 72.8 Å². The van der Waals surface area contributed by atoms with Gasteiger partial charge >= 0.3 is 0 Å². The molecule has 4 heteroatoms. The van der Waals surface area contributed by atoms with Crippen molar-refractivity contribution >= 4 is 0 Å². The topological polar surface area (TPSA) is 49.6 Å². The quantitative estimate of drug-likeness (QED) is 0.490. The van der Waals surface area contributed by atoms with Crippen LogP contribution in [0.2, 0.25) is 0 Å². The Labute approximate surface area is 156 Å². The van der Waals surface area contributed by atoms with Crippen molar-refractivity contribution < 1.29 is 4.39 Å². The SMILES string of the molecule is N#Cc1cc(-c2cc(-c3ccccc3)nc(-c3ccccc3)n2)ccc1F. The van der Waals surface area contributed by atoms with Gasteiger partial charge in [-0.2, -0.15) is 5.26 Å². The summed E-state index contributed by atoms with van der Waals surface area (Å²) in [5.74, 6) is 0.0386. The summed E-state index contributed by atoms with van der Waals surface area (Å²) in [4.78, 5) is 9.37. The first-order valence-electron chi connectivity index (χ1n) is 8.44. The minimum Gasteiger partial charge on any atom is -0.228 e. The van der Waals surface area contributed by atoms with Crippen molar-refractivity contribution in [2.45, 2.75) is 0 Å². The summed E-state index contributed by atoms with van der Waals surface area (Å²) in [6.45, 7) is 0. The average Bonchev–Trinajstić information content (AvgIpc) is 2.75. The summed E-state index contributed by atoms with van der Waals surface area (Å²) >= 11 is 0. The van der Waals surface area contributed by atoms with E-state index < -0.39 is 5.82 Å². The van der Waals surface area contributed by atoms with Gasteiger partial charge in [-0.25, -0.2) is 14.4 Å². The fourth-order valence-electron chi connectivity index (χ4n) is 2.84. The van der Waals surface area contributed by atoms with Gasteiger partial charge in [-0.15, -0.1) is 0 Å². The number of benzene rings is 3. The van der Waals surface area contributed by atoms with Gasteiger partial charge in [-0.3, -0.25) is 0 Å². The third kappa shape index (κ3) is 3.44. The largest absolute Gasteiger partial charge is 0.228 e. The molecule has 0 radical (unpaired) electrons. The maximum Gasteiger partial charge on any atom is 0.160 e. The molecule has 1 aromatic heterocycles. The molecule has 4 rings (SSSR count). The van der Waals surface area contributed by atoms with E-state index in [0.29, 0.717) is 17.1 Å². The van der Waals surface area contributed by atoms with Gasteiger partial charge in [0.15, 0.2) is 5.82 Å². The van der Waals surface area contributed by atoms with Gasteiger partial charge in [-0.05, 0) is 24.3 Å². The molecule has 0 atom stereocenters. The van der Waals surface area contributed by atoms with E-state index in [0.717, 1.165) is 16.8 Å². The maximum absolute atomic E-state index is 13.7. The van der Waals surface area contributed by atoms with E-state index in [4.69, 9.17) is 10.2 Å². The van der Waals surface area contributed by atoms with E-state index in [2.05, 4.69) is 4.98 Å². The molecular weight excluding hydrogens is 337 g/mol. The van der Waals surface area contributed by atoms with Crippen LogP contribution in [-0.2, 0) is 0 Å². The molecule has 3 aromatic carbocycles. The summed E-state index contributed by atoms with van der Waals surface area (Å²) in [7, 11) is 0. The number of hydrogen-bond donors (Lipinski definition) is 0. The first kappa shape index (κ1) is 16.6. The summed E-state index contributed by atoms with van der Waals surface area (Å²) in [5, 5.41) is 9.13. The standard InChI is InChI=1S/C23H14FN3/c24-20-12-11-18(13-19(20)15-25)22-14-21(16-7-3-1-4-8-16)26-23(27-22)17-9-5-2-6-10-17/h1-14H. The fourth-order valence-corrected chi connectivity index (χ4v) is 2.84.